The molecule has 2 rings (SSSR count). The van der Waals surface area contributed by atoms with E-state index >= 15 is 0 Å². The molecule has 2 heterocycles. The van der Waals surface area contributed by atoms with Crippen molar-refractivity contribution in [3.63, 3.8) is 0 Å². The van der Waals surface area contributed by atoms with Gasteiger partial charge in [-0.3, -0.25) is 4.79 Å². The van der Waals surface area contributed by atoms with E-state index in [0.29, 0.717) is 18.0 Å². The van der Waals surface area contributed by atoms with Crippen LogP contribution in [0.25, 0.3) is 0 Å². The molecule has 116 valence electrons. The molecule has 1 saturated heterocycles. The fraction of sp³-hybridized carbons (Fsp3) is 0.625. The van der Waals surface area contributed by atoms with E-state index in [4.69, 9.17) is 4.74 Å². The lowest BCUT2D eigenvalue weighted by Gasteiger charge is -2.15. The fourth-order valence-electron chi connectivity index (χ4n) is 2.51. The summed E-state index contributed by atoms with van der Waals surface area (Å²) in [5.74, 6) is 1.13. The maximum Gasteiger partial charge on any atom is 0.251 e. The average molecular weight is 291 g/mol. The van der Waals surface area contributed by atoms with Crippen LogP contribution in [0.15, 0.2) is 12.1 Å². The number of amides is 1. The summed E-state index contributed by atoms with van der Waals surface area (Å²) in [6.45, 7) is 8.38. The predicted octanol–water partition coefficient (Wildman–Crippen LogP) is 2.37. The third kappa shape index (κ3) is 4.43. The molecule has 1 aliphatic rings. The lowest BCUT2D eigenvalue weighted by atomic mass is 10.0. The van der Waals surface area contributed by atoms with Gasteiger partial charge < -0.3 is 15.4 Å². The normalized spacial score (nSPS) is 21.3. The number of aromatic nitrogens is 1. The molecule has 21 heavy (non-hydrogen) atoms. The third-order valence-electron chi connectivity index (χ3n) is 3.83. The molecular weight excluding hydrogens is 266 g/mol. The van der Waals surface area contributed by atoms with Gasteiger partial charge in [-0.25, -0.2) is 4.98 Å². The van der Waals surface area contributed by atoms with Crippen LogP contribution in [0.3, 0.4) is 0 Å². The van der Waals surface area contributed by atoms with Gasteiger partial charge in [-0.2, -0.15) is 0 Å². The largest absolute Gasteiger partial charge is 0.378 e. The summed E-state index contributed by atoms with van der Waals surface area (Å²) in [7, 11) is 0. The number of aryl methyl sites for hydroxylation is 1. The fourth-order valence-corrected chi connectivity index (χ4v) is 2.51. The number of hydrogen-bond acceptors (Lipinski definition) is 4. The zero-order valence-electron chi connectivity index (χ0n) is 13.1. The van der Waals surface area contributed by atoms with Gasteiger partial charge in [0, 0.05) is 36.9 Å². The van der Waals surface area contributed by atoms with Crippen molar-refractivity contribution in [3.8, 4) is 0 Å². The molecule has 5 heteroatoms. The molecule has 2 atom stereocenters. The first-order chi connectivity index (χ1) is 10.1. The lowest BCUT2D eigenvalue weighted by Crippen LogP contribution is -2.32. The lowest BCUT2D eigenvalue weighted by molar-refractivity contribution is 0.0907. The zero-order valence-corrected chi connectivity index (χ0v) is 13.1. The quantitative estimate of drug-likeness (QED) is 0.844. The summed E-state index contributed by atoms with van der Waals surface area (Å²) >= 11 is 0. The molecule has 5 nitrogen and oxygen atoms in total. The van der Waals surface area contributed by atoms with Crippen molar-refractivity contribution in [1.82, 2.24) is 10.3 Å². The molecular formula is C16H25N3O2. The molecule has 1 aromatic rings. The Labute approximate surface area is 126 Å². The SMILES string of the molecule is CCCNc1cc(C(=O)NCC2CCOC2C)cc(C)n1. The van der Waals surface area contributed by atoms with Crippen molar-refractivity contribution in [2.24, 2.45) is 5.92 Å². The Balaban J connectivity index is 1.96. The van der Waals surface area contributed by atoms with Crippen LogP contribution in [-0.4, -0.2) is 36.7 Å². The van der Waals surface area contributed by atoms with Crippen molar-refractivity contribution in [2.45, 2.75) is 39.7 Å². The number of rotatable bonds is 6. The van der Waals surface area contributed by atoms with Gasteiger partial charge in [-0.15, -0.1) is 0 Å². The van der Waals surface area contributed by atoms with E-state index in [-0.39, 0.29) is 12.0 Å². The zero-order chi connectivity index (χ0) is 15.2. The molecule has 0 aromatic carbocycles. The highest BCUT2D eigenvalue weighted by atomic mass is 16.5. The Morgan fingerprint density at radius 1 is 1.48 bits per heavy atom. The molecule has 0 radical (unpaired) electrons. The number of hydrogen-bond donors (Lipinski definition) is 2. The maximum atomic E-state index is 12.3. The topological polar surface area (TPSA) is 63.2 Å². The average Bonchev–Trinajstić information content (AvgIpc) is 2.87. The Kier molecular flexibility index (Phi) is 5.56. The van der Waals surface area contributed by atoms with Crippen molar-refractivity contribution < 1.29 is 9.53 Å². The van der Waals surface area contributed by atoms with Crippen LogP contribution in [0, 0.1) is 12.8 Å². The summed E-state index contributed by atoms with van der Waals surface area (Å²) in [4.78, 5) is 16.7. The van der Waals surface area contributed by atoms with E-state index in [9.17, 15) is 4.79 Å². The van der Waals surface area contributed by atoms with Crippen LogP contribution in [0.5, 0.6) is 0 Å². The minimum absolute atomic E-state index is 0.0425. The van der Waals surface area contributed by atoms with Gasteiger partial charge in [-0.1, -0.05) is 6.92 Å². The Morgan fingerprint density at radius 3 is 2.95 bits per heavy atom. The number of carbonyl (C=O) groups is 1. The number of ether oxygens (including phenoxy) is 1. The van der Waals surface area contributed by atoms with Gasteiger partial charge in [0.1, 0.15) is 5.82 Å². The highest BCUT2D eigenvalue weighted by Gasteiger charge is 2.24. The molecule has 1 fully saturated rings. The molecule has 1 aliphatic heterocycles. The van der Waals surface area contributed by atoms with Gasteiger partial charge >= 0.3 is 0 Å². The molecule has 1 aromatic heterocycles. The van der Waals surface area contributed by atoms with Crippen LogP contribution < -0.4 is 10.6 Å². The minimum Gasteiger partial charge on any atom is -0.378 e. The molecule has 0 aliphatic carbocycles. The Morgan fingerprint density at radius 2 is 2.29 bits per heavy atom. The molecule has 0 bridgehead atoms. The first-order valence-corrected chi connectivity index (χ1v) is 7.72. The number of pyridine rings is 1. The number of carbonyl (C=O) groups excluding carboxylic acids is 1. The second-order valence-electron chi connectivity index (χ2n) is 5.64. The molecule has 0 spiro atoms. The van der Waals surface area contributed by atoms with Crippen LogP contribution >= 0.6 is 0 Å². The standard InChI is InChI=1S/C16H25N3O2/c1-4-6-17-15-9-14(8-11(2)19-15)16(20)18-10-13-5-7-21-12(13)3/h8-9,12-13H,4-7,10H2,1-3H3,(H,17,19)(H,18,20). The van der Waals surface area contributed by atoms with Gasteiger partial charge in [0.05, 0.1) is 6.10 Å². The van der Waals surface area contributed by atoms with Crippen molar-refractivity contribution in [2.75, 3.05) is 25.0 Å². The molecule has 2 unspecified atom stereocenters. The van der Waals surface area contributed by atoms with E-state index in [0.717, 1.165) is 37.5 Å². The maximum absolute atomic E-state index is 12.3. The second kappa shape index (κ2) is 7.41. The molecule has 2 N–H and O–H groups in total. The first-order valence-electron chi connectivity index (χ1n) is 7.72. The summed E-state index contributed by atoms with van der Waals surface area (Å²) in [5.41, 5.74) is 1.51. The van der Waals surface area contributed by atoms with Crippen LogP contribution in [0.4, 0.5) is 5.82 Å². The van der Waals surface area contributed by atoms with Crippen molar-refractivity contribution >= 4 is 11.7 Å². The van der Waals surface area contributed by atoms with E-state index in [1.807, 2.05) is 19.1 Å². The highest BCUT2D eigenvalue weighted by molar-refractivity contribution is 5.95. The van der Waals surface area contributed by atoms with Gasteiger partial charge in [0.15, 0.2) is 0 Å². The molecule has 0 saturated carbocycles. The summed E-state index contributed by atoms with van der Waals surface area (Å²) < 4.78 is 5.51. The minimum atomic E-state index is -0.0425. The Hall–Kier alpha value is -1.62. The number of anilines is 1. The number of nitrogens with zero attached hydrogens (tertiary/aromatic N) is 1. The summed E-state index contributed by atoms with van der Waals surface area (Å²) in [6.07, 6.45) is 2.27. The van der Waals surface area contributed by atoms with Gasteiger partial charge in [0.2, 0.25) is 0 Å². The van der Waals surface area contributed by atoms with Crippen molar-refractivity contribution in [3.05, 3.63) is 23.4 Å². The third-order valence-corrected chi connectivity index (χ3v) is 3.83. The molecule has 1 amide bonds. The van der Waals surface area contributed by atoms with E-state index in [2.05, 4.69) is 29.5 Å². The van der Waals surface area contributed by atoms with Gasteiger partial charge in [0.25, 0.3) is 5.91 Å². The van der Waals surface area contributed by atoms with E-state index in [1.165, 1.54) is 0 Å². The predicted molar refractivity (Wildman–Crippen MR) is 83.6 cm³/mol. The van der Waals surface area contributed by atoms with E-state index in [1.54, 1.807) is 0 Å². The Bertz CT molecular complexity index is 490. The number of nitrogens with one attached hydrogen (secondary N) is 2. The van der Waals surface area contributed by atoms with E-state index < -0.39 is 0 Å². The second-order valence-corrected chi connectivity index (χ2v) is 5.64. The van der Waals surface area contributed by atoms with Crippen LogP contribution in [-0.2, 0) is 4.74 Å². The first kappa shape index (κ1) is 15.8. The summed E-state index contributed by atoms with van der Waals surface area (Å²) in [6, 6.07) is 3.63. The monoisotopic (exact) mass is 291 g/mol. The highest BCUT2D eigenvalue weighted by Crippen LogP contribution is 2.19. The smallest absolute Gasteiger partial charge is 0.251 e. The van der Waals surface area contributed by atoms with Crippen LogP contribution in [0.1, 0.15) is 42.7 Å². The van der Waals surface area contributed by atoms with Crippen LogP contribution in [0.2, 0.25) is 0 Å². The van der Waals surface area contributed by atoms with Gasteiger partial charge in [-0.05, 0) is 38.8 Å². The summed E-state index contributed by atoms with van der Waals surface area (Å²) in [5, 5.41) is 6.23. The van der Waals surface area contributed by atoms with Crippen molar-refractivity contribution in [1.29, 1.82) is 0 Å².